The summed E-state index contributed by atoms with van der Waals surface area (Å²) < 4.78 is 3.75. The fourth-order valence-electron chi connectivity index (χ4n) is 2.02. The van der Waals surface area contributed by atoms with Crippen LogP contribution in [0.15, 0.2) is 12.3 Å². The molecule has 2 rings (SSSR count). The van der Waals surface area contributed by atoms with Gasteiger partial charge in [-0.15, -0.1) is 0 Å². The van der Waals surface area contributed by atoms with Gasteiger partial charge in [-0.1, -0.05) is 0 Å². The lowest BCUT2D eigenvalue weighted by atomic mass is 10.3. The van der Waals surface area contributed by atoms with Crippen LogP contribution in [0.25, 0.3) is 0 Å². The second kappa shape index (κ2) is 5.34. The second-order valence-corrected chi connectivity index (χ2v) is 5.04. The first-order chi connectivity index (χ1) is 8.99. The molecule has 3 N–H and O–H groups in total. The van der Waals surface area contributed by atoms with Crippen molar-refractivity contribution in [2.45, 2.75) is 33.2 Å². The average Bonchev–Trinajstić information content (AvgIpc) is 2.87. The Labute approximate surface area is 113 Å². The maximum Gasteiger partial charge on any atom is 0.148 e. The van der Waals surface area contributed by atoms with Crippen LogP contribution in [-0.4, -0.2) is 26.1 Å². The molecule has 0 unspecified atom stereocenters. The third-order valence-corrected chi connectivity index (χ3v) is 3.06. The molecule has 0 atom stereocenters. The lowest BCUT2D eigenvalue weighted by molar-refractivity contribution is 0.534. The predicted octanol–water partition coefficient (Wildman–Crippen LogP) is 1.74. The van der Waals surface area contributed by atoms with Crippen LogP contribution in [0.5, 0.6) is 0 Å². The van der Waals surface area contributed by atoms with E-state index in [-0.39, 0.29) is 6.04 Å². The number of hydrogen-bond donors (Lipinski definition) is 2. The van der Waals surface area contributed by atoms with Crippen molar-refractivity contribution in [3.05, 3.63) is 23.7 Å². The molecule has 0 bridgehead atoms. The van der Waals surface area contributed by atoms with Crippen molar-refractivity contribution in [2.75, 3.05) is 17.6 Å². The van der Waals surface area contributed by atoms with E-state index in [1.807, 2.05) is 35.6 Å². The Morgan fingerprint density at radius 2 is 2.11 bits per heavy atom. The summed E-state index contributed by atoms with van der Waals surface area (Å²) in [6, 6.07) is 2.31. The average molecular weight is 262 g/mol. The maximum absolute atomic E-state index is 6.06. The minimum atomic E-state index is 0.286. The largest absolute Gasteiger partial charge is 0.394 e. The van der Waals surface area contributed by atoms with Gasteiger partial charge in [0.25, 0.3) is 0 Å². The molecule has 0 saturated carbocycles. The summed E-state index contributed by atoms with van der Waals surface area (Å²) >= 11 is 0. The molecule has 2 aromatic heterocycles. The SMILES string of the molecule is Cc1nn(C(C)C)c(NCCc2ccn(C)n2)c1N. The number of nitrogens with two attached hydrogens (primary N) is 1. The smallest absolute Gasteiger partial charge is 0.148 e. The van der Waals surface area contributed by atoms with Crippen molar-refractivity contribution in [3.8, 4) is 0 Å². The number of hydrogen-bond acceptors (Lipinski definition) is 4. The molecule has 2 aromatic rings. The Bertz CT molecular complexity index is 551. The highest BCUT2D eigenvalue weighted by atomic mass is 15.4. The Kier molecular flexibility index (Phi) is 3.78. The van der Waals surface area contributed by atoms with E-state index in [0.29, 0.717) is 0 Å². The van der Waals surface area contributed by atoms with Crippen LogP contribution < -0.4 is 11.1 Å². The quantitative estimate of drug-likeness (QED) is 0.861. The minimum Gasteiger partial charge on any atom is -0.394 e. The van der Waals surface area contributed by atoms with Gasteiger partial charge in [0.2, 0.25) is 0 Å². The van der Waals surface area contributed by atoms with E-state index in [2.05, 4.69) is 29.4 Å². The highest BCUT2D eigenvalue weighted by Crippen LogP contribution is 2.25. The first kappa shape index (κ1) is 13.5. The highest BCUT2D eigenvalue weighted by molar-refractivity contribution is 5.64. The molecule has 0 aromatic carbocycles. The van der Waals surface area contributed by atoms with Gasteiger partial charge in [0, 0.05) is 32.3 Å². The number of nitrogens with one attached hydrogen (secondary N) is 1. The number of rotatable bonds is 5. The summed E-state index contributed by atoms with van der Waals surface area (Å²) in [4.78, 5) is 0. The van der Waals surface area contributed by atoms with Gasteiger partial charge >= 0.3 is 0 Å². The van der Waals surface area contributed by atoms with Crippen LogP contribution in [0.1, 0.15) is 31.3 Å². The van der Waals surface area contributed by atoms with E-state index in [9.17, 15) is 0 Å². The van der Waals surface area contributed by atoms with E-state index in [0.717, 1.165) is 35.9 Å². The molecule has 0 aliphatic heterocycles. The molecule has 0 aliphatic rings. The Morgan fingerprint density at radius 1 is 1.37 bits per heavy atom. The first-order valence-corrected chi connectivity index (χ1v) is 6.56. The number of aryl methyl sites for hydroxylation is 2. The summed E-state index contributed by atoms with van der Waals surface area (Å²) in [7, 11) is 1.92. The van der Waals surface area contributed by atoms with Crippen molar-refractivity contribution in [3.63, 3.8) is 0 Å². The number of nitrogens with zero attached hydrogens (tertiary/aromatic N) is 4. The van der Waals surface area contributed by atoms with Crippen molar-refractivity contribution >= 4 is 11.5 Å². The van der Waals surface area contributed by atoms with Gasteiger partial charge in [-0.2, -0.15) is 10.2 Å². The number of aromatic nitrogens is 4. The van der Waals surface area contributed by atoms with Crippen LogP contribution in [-0.2, 0) is 13.5 Å². The van der Waals surface area contributed by atoms with E-state index in [1.54, 1.807) is 0 Å². The van der Waals surface area contributed by atoms with E-state index in [1.165, 1.54) is 0 Å². The lowest BCUT2D eigenvalue weighted by Gasteiger charge is -2.12. The summed E-state index contributed by atoms with van der Waals surface area (Å²) in [6.07, 6.45) is 2.81. The molecule has 0 saturated heterocycles. The number of anilines is 2. The molecule has 6 nitrogen and oxygen atoms in total. The molecule has 104 valence electrons. The molecule has 0 spiro atoms. The van der Waals surface area contributed by atoms with Crippen LogP contribution in [0.3, 0.4) is 0 Å². The Hall–Kier alpha value is -1.98. The lowest BCUT2D eigenvalue weighted by Crippen LogP contribution is -2.13. The van der Waals surface area contributed by atoms with Crippen molar-refractivity contribution in [1.82, 2.24) is 19.6 Å². The summed E-state index contributed by atoms with van der Waals surface area (Å²) in [5.74, 6) is 0.906. The number of nitrogen functional groups attached to an aromatic ring is 1. The van der Waals surface area contributed by atoms with Gasteiger partial charge in [-0.3, -0.25) is 4.68 Å². The fourth-order valence-corrected chi connectivity index (χ4v) is 2.02. The van der Waals surface area contributed by atoms with Gasteiger partial charge in [0.15, 0.2) is 0 Å². The molecule has 0 aliphatic carbocycles. The normalized spacial score (nSPS) is 11.2. The predicted molar refractivity (Wildman–Crippen MR) is 77.2 cm³/mol. The third-order valence-electron chi connectivity index (χ3n) is 3.06. The van der Waals surface area contributed by atoms with Crippen molar-refractivity contribution in [2.24, 2.45) is 7.05 Å². The zero-order valence-electron chi connectivity index (χ0n) is 12.0. The van der Waals surface area contributed by atoms with Gasteiger partial charge in [-0.25, -0.2) is 4.68 Å². The van der Waals surface area contributed by atoms with Crippen molar-refractivity contribution in [1.29, 1.82) is 0 Å². The zero-order valence-corrected chi connectivity index (χ0v) is 12.0. The molecule has 2 heterocycles. The van der Waals surface area contributed by atoms with E-state index >= 15 is 0 Å². The maximum atomic E-state index is 6.06. The second-order valence-electron chi connectivity index (χ2n) is 5.04. The fraction of sp³-hybridized carbons (Fsp3) is 0.538. The summed E-state index contributed by atoms with van der Waals surface area (Å²) in [5, 5.41) is 12.2. The van der Waals surface area contributed by atoms with E-state index < -0.39 is 0 Å². The van der Waals surface area contributed by atoms with Gasteiger partial charge in [0.05, 0.1) is 17.1 Å². The Balaban J connectivity index is 2.03. The third kappa shape index (κ3) is 2.89. The Morgan fingerprint density at radius 3 is 2.68 bits per heavy atom. The minimum absolute atomic E-state index is 0.286. The molecular weight excluding hydrogens is 240 g/mol. The molecule has 0 radical (unpaired) electrons. The van der Waals surface area contributed by atoms with Gasteiger partial charge in [-0.05, 0) is 26.8 Å². The van der Waals surface area contributed by atoms with Crippen LogP contribution in [0.2, 0.25) is 0 Å². The molecule has 19 heavy (non-hydrogen) atoms. The molecule has 0 fully saturated rings. The van der Waals surface area contributed by atoms with Gasteiger partial charge < -0.3 is 11.1 Å². The topological polar surface area (TPSA) is 73.7 Å². The highest BCUT2D eigenvalue weighted by Gasteiger charge is 2.14. The van der Waals surface area contributed by atoms with Crippen LogP contribution >= 0.6 is 0 Å². The summed E-state index contributed by atoms with van der Waals surface area (Å²) in [6.45, 7) is 6.91. The molecule has 6 heteroatoms. The summed E-state index contributed by atoms with van der Waals surface area (Å²) in [5.41, 5.74) is 8.73. The van der Waals surface area contributed by atoms with Crippen LogP contribution in [0, 0.1) is 6.92 Å². The standard InChI is InChI=1S/C13H22N6/c1-9(2)19-13(12(14)10(3)16-19)15-7-5-11-6-8-18(4)17-11/h6,8-9,15H,5,7,14H2,1-4H3. The molecule has 0 amide bonds. The molecular formula is C13H22N6. The van der Waals surface area contributed by atoms with E-state index in [4.69, 9.17) is 5.73 Å². The first-order valence-electron chi connectivity index (χ1n) is 6.56. The zero-order chi connectivity index (χ0) is 14.0. The van der Waals surface area contributed by atoms with Crippen molar-refractivity contribution < 1.29 is 0 Å². The van der Waals surface area contributed by atoms with Gasteiger partial charge in [0.1, 0.15) is 5.82 Å². The van der Waals surface area contributed by atoms with Crippen LogP contribution in [0.4, 0.5) is 11.5 Å². The monoisotopic (exact) mass is 262 g/mol.